The van der Waals surface area contributed by atoms with Crippen LogP contribution in [0, 0.1) is 0 Å². The van der Waals surface area contributed by atoms with Gasteiger partial charge in [0.15, 0.2) is 0 Å². The number of aromatic nitrogens is 1. The number of benzene rings is 2. The molecular formula is C19H19N3O4. The molecule has 2 aromatic carbocycles. The first-order valence-corrected chi connectivity index (χ1v) is 7.96. The second kappa shape index (κ2) is 7.71. The number of anilines is 2. The van der Waals surface area contributed by atoms with Gasteiger partial charge in [-0.3, -0.25) is 9.59 Å². The second-order valence-electron chi connectivity index (χ2n) is 5.60. The van der Waals surface area contributed by atoms with Crippen molar-refractivity contribution in [2.75, 3.05) is 31.5 Å². The van der Waals surface area contributed by atoms with Crippen LogP contribution in [0.25, 0.3) is 10.9 Å². The van der Waals surface area contributed by atoms with E-state index >= 15 is 0 Å². The Morgan fingerprint density at radius 2 is 1.92 bits per heavy atom. The van der Waals surface area contributed by atoms with Gasteiger partial charge in [-0.25, -0.2) is 0 Å². The molecule has 1 aromatic heterocycles. The Kier molecular flexibility index (Phi) is 5.19. The van der Waals surface area contributed by atoms with E-state index in [9.17, 15) is 9.59 Å². The molecule has 2 amide bonds. The maximum Gasteiger partial charge on any atom is 0.257 e. The number of amides is 2. The van der Waals surface area contributed by atoms with Crippen molar-refractivity contribution in [3.8, 4) is 5.75 Å². The molecule has 3 N–H and O–H groups in total. The summed E-state index contributed by atoms with van der Waals surface area (Å²) >= 11 is 0. The number of ether oxygens (including phenoxy) is 2. The van der Waals surface area contributed by atoms with Gasteiger partial charge < -0.3 is 25.1 Å². The van der Waals surface area contributed by atoms with Gasteiger partial charge in [-0.05, 0) is 30.3 Å². The van der Waals surface area contributed by atoms with Crippen molar-refractivity contribution in [1.82, 2.24) is 4.98 Å². The third kappa shape index (κ3) is 3.68. The lowest BCUT2D eigenvalue weighted by Crippen LogP contribution is -2.18. The van der Waals surface area contributed by atoms with Gasteiger partial charge in [-0.15, -0.1) is 0 Å². The summed E-state index contributed by atoms with van der Waals surface area (Å²) in [6.45, 7) is -0.0748. The molecule has 0 atom stereocenters. The molecule has 0 radical (unpaired) electrons. The molecule has 0 bridgehead atoms. The molecule has 0 aliphatic heterocycles. The monoisotopic (exact) mass is 353 g/mol. The highest BCUT2D eigenvalue weighted by Crippen LogP contribution is 2.28. The molecule has 0 unspecified atom stereocenters. The molecular weight excluding hydrogens is 334 g/mol. The Labute approximate surface area is 150 Å². The molecule has 7 nitrogen and oxygen atoms in total. The standard InChI is InChI=1S/C19H19N3O4/c1-25-11-17(23)22-15-10-13(6-7-16(15)26-2)21-19(24)14-5-3-4-12-8-9-20-18(12)14/h3-10,20H,11H2,1-2H3,(H,21,24)(H,22,23). The molecule has 0 fully saturated rings. The molecule has 3 aromatic rings. The summed E-state index contributed by atoms with van der Waals surface area (Å²) in [7, 11) is 2.94. The van der Waals surface area contributed by atoms with Gasteiger partial charge in [-0.2, -0.15) is 0 Å². The Morgan fingerprint density at radius 3 is 2.69 bits per heavy atom. The summed E-state index contributed by atoms with van der Waals surface area (Å²) < 4.78 is 10.1. The van der Waals surface area contributed by atoms with E-state index in [1.54, 1.807) is 30.5 Å². The first-order chi connectivity index (χ1) is 12.6. The van der Waals surface area contributed by atoms with Gasteiger partial charge in [0.2, 0.25) is 5.91 Å². The highest BCUT2D eigenvalue weighted by molar-refractivity contribution is 6.12. The van der Waals surface area contributed by atoms with Crippen molar-refractivity contribution in [2.45, 2.75) is 0 Å². The number of hydrogen-bond acceptors (Lipinski definition) is 4. The van der Waals surface area contributed by atoms with Crippen LogP contribution in [0.4, 0.5) is 11.4 Å². The summed E-state index contributed by atoms with van der Waals surface area (Å²) in [5.74, 6) is -0.0817. The molecule has 0 saturated carbocycles. The normalized spacial score (nSPS) is 10.5. The van der Waals surface area contributed by atoms with Gasteiger partial charge in [-0.1, -0.05) is 12.1 Å². The van der Waals surface area contributed by atoms with Crippen LogP contribution in [-0.2, 0) is 9.53 Å². The van der Waals surface area contributed by atoms with Crippen molar-refractivity contribution in [2.24, 2.45) is 0 Å². The van der Waals surface area contributed by atoms with E-state index in [4.69, 9.17) is 9.47 Å². The fraction of sp³-hybridized carbons (Fsp3) is 0.158. The topological polar surface area (TPSA) is 92.5 Å². The number of fused-ring (bicyclic) bond motifs is 1. The fourth-order valence-electron chi connectivity index (χ4n) is 2.67. The minimum atomic E-state index is -0.314. The minimum Gasteiger partial charge on any atom is -0.495 e. The number of hydrogen-bond donors (Lipinski definition) is 3. The first-order valence-electron chi connectivity index (χ1n) is 7.96. The molecule has 26 heavy (non-hydrogen) atoms. The van der Waals surface area contributed by atoms with Crippen LogP contribution in [0.15, 0.2) is 48.7 Å². The third-order valence-corrected chi connectivity index (χ3v) is 3.84. The van der Waals surface area contributed by atoms with Crippen LogP contribution in [-0.4, -0.2) is 37.6 Å². The number of nitrogens with one attached hydrogen (secondary N) is 3. The van der Waals surface area contributed by atoms with Crippen molar-refractivity contribution in [3.05, 3.63) is 54.2 Å². The highest BCUT2D eigenvalue weighted by atomic mass is 16.5. The number of aromatic amines is 1. The van der Waals surface area contributed by atoms with Crippen molar-refractivity contribution in [3.63, 3.8) is 0 Å². The average molecular weight is 353 g/mol. The predicted molar refractivity (Wildman–Crippen MR) is 99.8 cm³/mol. The molecule has 1 heterocycles. The van der Waals surface area contributed by atoms with Crippen LogP contribution >= 0.6 is 0 Å². The molecule has 0 aliphatic rings. The van der Waals surface area contributed by atoms with Crippen LogP contribution < -0.4 is 15.4 Å². The summed E-state index contributed by atoms with van der Waals surface area (Å²) in [5.41, 5.74) is 2.29. The molecule has 0 saturated heterocycles. The van der Waals surface area contributed by atoms with Crippen LogP contribution in [0.2, 0.25) is 0 Å². The largest absolute Gasteiger partial charge is 0.495 e. The average Bonchev–Trinajstić information content (AvgIpc) is 3.10. The predicted octanol–water partition coefficient (Wildman–Crippen LogP) is 3.01. The van der Waals surface area contributed by atoms with Crippen LogP contribution in [0.5, 0.6) is 5.75 Å². The lowest BCUT2D eigenvalue weighted by atomic mass is 10.1. The number of rotatable bonds is 6. The van der Waals surface area contributed by atoms with Crippen molar-refractivity contribution < 1.29 is 19.1 Å². The van der Waals surface area contributed by atoms with E-state index in [1.807, 2.05) is 18.2 Å². The van der Waals surface area contributed by atoms with E-state index in [1.165, 1.54) is 14.2 Å². The third-order valence-electron chi connectivity index (χ3n) is 3.84. The van der Waals surface area contributed by atoms with Gasteiger partial charge in [0.05, 0.1) is 23.9 Å². The summed E-state index contributed by atoms with van der Waals surface area (Å²) in [6.07, 6.45) is 1.79. The Hall–Kier alpha value is -3.32. The highest BCUT2D eigenvalue weighted by Gasteiger charge is 2.13. The quantitative estimate of drug-likeness (QED) is 0.635. The zero-order valence-electron chi connectivity index (χ0n) is 14.5. The Morgan fingerprint density at radius 1 is 1.08 bits per heavy atom. The summed E-state index contributed by atoms with van der Waals surface area (Å²) in [6, 6.07) is 12.4. The zero-order chi connectivity index (χ0) is 18.5. The molecule has 0 spiro atoms. The Balaban J connectivity index is 1.84. The fourth-order valence-corrected chi connectivity index (χ4v) is 2.67. The van der Waals surface area contributed by atoms with Crippen LogP contribution in [0.3, 0.4) is 0 Å². The number of carbonyl (C=O) groups excluding carboxylic acids is 2. The van der Waals surface area contributed by atoms with Gasteiger partial charge in [0, 0.05) is 24.4 Å². The maximum atomic E-state index is 12.6. The number of para-hydroxylation sites is 1. The minimum absolute atomic E-state index is 0.0748. The number of methoxy groups -OCH3 is 2. The van der Waals surface area contributed by atoms with E-state index < -0.39 is 0 Å². The van der Waals surface area contributed by atoms with Crippen molar-refractivity contribution >= 4 is 34.1 Å². The van der Waals surface area contributed by atoms with Gasteiger partial charge in [0.1, 0.15) is 12.4 Å². The van der Waals surface area contributed by atoms with Gasteiger partial charge in [0.25, 0.3) is 5.91 Å². The zero-order valence-corrected chi connectivity index (χ0v) is 14.5. The Bertz CT molecular complexity index is 949. The van der Waals surface area contributed by atoms with Crippen molar-refractivity contribution in [1.29, 1.82) is 0 Å². The lowest BCUT2D eigenvalue weighted by Gasteiger charge is -2.13. The smallest absolute Gasteiger partial charge is 0.257 e. The molecule has 7 heteroatoms. The molecule has 3 rings (SSSR count). The van der Waals surface area contributed by atoms with Gasteiger partial charge >= 0.3 is 0 Å². The lowest BCUT2D eigenvalue weighted by molar-refractivity contribution is -0.119. The second-order valence-corrected chi connectivity index (χ2v) is 5.60. The first kappa shape index (κ1) is 17.5. The van der Waals surface area contributed by atoms with E-state index in [2.05, 4.69) is 15.6 Å². The maximum absolute atomic E-state index is 12.6. The summed E-state index contributed by atoms with van der Waals surface area (Å²) in [4.78, 5) is 27.5. The van der Waals surface area contributed by atoms with E-state index in [0.717, 1.165) is 10.9 Å². The summed E-state index contributed by atoms with van der Waals surface area (Å²) in [5, 5.41) is 6.49. The SMILES string of the molecule is COCC(=O)Nc1cc(NC(=O)c2cccc3cc[nH]c23)ccc1OC. The number of carbonyl (C=O) groups is 2. The molecule has 134 valence electrons. The van der Waals surface area contributed by atoms with Crippen LogP contribution in [0.1, 0.15) is 10.4 Å². The van der Waals surface area contributed by atoms with E-state index in [0.29, 0.717) is 22.7 Å². The number of H-pyrrole nitrogens is 1. The molecule has 0 aliphatic carbocycles. The van der Waals surface area contributed by atoms with E-state index in [-0.39, 0.29) is 18.4 Å².